The van der Waals surface area contributed by atoms with Crippen LogP contribution in [0.25, 0.3) is 11.5 Å². The Morgan fingerprint density at radius 1 is 1.11 bits per heavy atom. The zero-order valence-corrected chi connectivity index (χ0v) is 13.8. The lowest BCUT2D eigenvalue weighted by molar-refractivity contribution is -0.00000428. The summed E-state index contributed by atoms with van der Waals surface area (Å²) in [4.78, 5) is 4.67. The van der Waals surface area contributed by atoms with Gasteiger partial charge in [-0.1, -0.05) is 18.2 Å². The van der Waals surface area contributed by atoms with Crippen LogP contribution in [0.15, 0.2) is 39.8 Å². The number of aryl methyl sites for hydroxylation is 1. The SMILES string of the molecule is CSc1nc(-c2ccccc2)[o+]c2c1CCCC2.[I-]. The van der Waals surface area contributed by atoms with Crippen LogP contribution < -0.4 is 24.0 Å². The number of benzene rings is 1. The van der Waals surface area contributed by atoms with E-state index in [0.717, 1.165) is 35.1 Å². The highest BCUT2D eigenvalue weighted by Gasteiger charge is 2.28. The summed E-state index contributed by atoms with van der Waals surface area (Å²) in [7, 11) is 0. The Hall–Kier alpha value is -0.620. The van der Waals surface area contributed by atoms with Crippen LogP contribution in [0, 0.1) is 0 Å². The molecule has 2 nitrogen and oxygen atoms in total. The summed E-state index contributed by atoms with van der Waals surface area (Å²) in [6.07, 6.45) is 6.72. The first kappa shape index (κ1) is 14.8. The molecule has 0 amide bonds. The third-order valence-corrected chi connectivity index (χ3v) is 4.04. The van der Waals surface area contributed by atoms with Gasteiger partial charge in [0.1, 0.15) is 10.6 Å². The number of hydrogen-bond donors (Lipinski definition) is 0. The molecule has 1 aliphatic rings. The smallest absolute Gasteiger partial charge is 0.460 e. The van der Waals surface area contributed by atoms with Gasteiger partial charge in [-0.15, -0.1) is 16.7 Å². The minimum atomic E-state index is 0. The van der Waals surface area contributed by atoms with Gasteiger partial charge in [-0.05, 0) is 37.7 Å². The Morgan fingerprint density at radius 3 is 2.58 bits per heavy atom. The molecule has 0 spiro atoms. The molecule has 0 N–H and O–H groups in total. The largest absolute Gasteiger partial charge is 1.00 e. The standard InChI is InChI=1S/C15H16NOS.HI/c1-18-15-12-9-5-6-10-13(12)17-14(16-15)11-7-3-2-4-8-11;/h2-4,7-8H,5-6,9-10H2,1H3;1H/q+1;/p-1. The van der Waals surface area contributed by atoms with Gasteiger partial charge < -0.3 is 24.0 Å². The zero-order valence-electron chi connectivity index (χ0n) is 10.9. The molecule has 1 aromatic carbocycles. The lowest BCUT2D eigenvalue weighted by Gasteiger charge is -2.10. The third-order valence-electron chi connectivity index (χ3n) is 3.31. The van der Waals surface area contributed by atoms with Crippen molar-refractivity contribution in [3.63, 3.8) is 0 Å². The molecule has 0 saturated heterocycles. The molecule has 0 bridgehead atoms. The van der Waals surface area contributed by atoms with Gasteiger partial charge in [-0.3, -0.25) is 0 Å². The highest BCUT2D eigenvalue weighted by molar-refractivity contribution is 7.98. The third kappa shape index (κ3) is 3.11. The molecule has 4 heteroatoms. The summed E-state index contributed by atoms with van der Waals surface area (Å²) in [6.45, 7) is 0. The fourth-order valence-corrected chi connectivity index (χ4v) is 3.03. The number of thioether (sulfide) groups is 1. The minimum absolute atomic E-state index is 0. The van der Waals surface area contributed by atoms with Crippen LogP contribution in [0.2, 0.25) is 0 Å². The molecule has 0 atom stereocenters. The highest BCUT2D eigenvalue weighted by Crippen LogP contribution is 2.32. The number of rotatable bonds is 2. The van der Waals surface area contributed by atoms with Crippen molar-refractivity contribution in [2.45, 2.75) is 30.7 Å². The molecule has 0 saturated carbocycles. The Kier molecular flexibility index (Phi) is 5.21. The topological polar surface area (TPSA) is 24.2 Å². The molecule has 2 aromatic rings. The quantitative estimate of drug-likeness (QED) is 0.442. The Labute approximate surface area is 135 Å². The molecule has 1 aromatic heterocycles. The van der Waals surface area contributed by atoms with Gasteiger partial charge in [0.2, 0.25) is 0 Å². The summed E-state index contributed by atoms with van der Waals surface area (Å²) in [6, 6.07) is 10.1. The van der Waals surface area contributed by atoms with Gasteiger partial charge in [0.05, 0.1) is 12.0 Å². The van der Waals surface area contributed by atoms with Crippen molar-refractivity contribution in [2.75, 3.05) is 6.26 Å². The van der Waals surface area contributed by atoms with Gasteiger partial charge >= 0.3 is 11.7 Å². The fourth-order valence-electron chi connectivity index (χ4n) is 2.39. The Balaban J connectivity index is 0.00000133. The first-order chi connectivity index (χ1) is 8.88. The van der Waals surface area contributed by atoms with Gasteiger partial charge in [0.15, 0.2) is 0 Å². The number of fused-ring (bicyclic) bond motifs is 1. The molecule has 0 aliphatic heterocycles. The lowest BCUT2D eigenvalue weighted by Crippen LogP contribution is -3.00. The van der Waals surface area contributed by atoms with E-state index in [4.69, 9.17) is 4.42 Å². The fraction of sp³-hybridized carbons (Fsp3) is 0.333. The van der Waals surface area contributed by atoms with Crippen molar-refractivity contribution in [3.05, 3.63) is 41.7 Å². The molecule has 0 fully saturated rings. The second-order valence-electron chi connectivity index (χ2n) is 4.50. The second kappa shape index (κ2) is 6.70. The predicted molar refractivity (Wildman–Crippen MR) is 74.8 cm³/mol. The van der Waals surface area contributed by atoms with Crippen LogP contribution in [0.5, 0.6) is 0 Å². The normalized spacial score (nSPS) is 13.5. The van der Waals surface area contributed by atoms with E-state index in [1.54, 1.807) is 11.8 Å². The maximum atomic E-state index is 6.00. The molecule has 100 valence electrons. The average Bonchev–Trinajstić information content (AvgIpc) is 2.47. The van der Waals surface area contributed by atoms with E-state index in [0.29, 0.717) is 0 Å². The van der Waals surface area contributed by atoms with Crippen molar-refractivity contribution in [3.8, 4) is 11.5 Å². The van der Waals surface area contributed by atoms with E-state index in [-0.39, 0.29) is 24.0 Å². The molecular weight excluding hydrogens is 369 g/mol. The Morgan fingerprint density at radius 2 is 1.84 bits per heavy atom. The summed E-state index contributed by atoms with van der Waals surface area (Å²) in [5.74, 6) is 1.89. The van der Waals surface area contributed by atoms with E-state index in [2.05, 4.69) is 11.2 Å². The van der Waals surface area contributed by atoms with Gasteiger partial charge in [-0.25, -0.2) is 0 Å². The molecule has 0 radical (unpaired) electrons. The maximum Gasteiger partial charge on any atom is 0.460 e. The zero-order chi connectivity index (χ0) is 12.4. The van der Waals surface area contributed by atoms with E-state index in [9.17, 15) is 0 Å². The summed E-state index contributed by atoms with van der Waals surface area (Å²) in [5.41, 5.74) is 2.38. The van der Waals surface area contributed by atoms with Crippen molar-refractivity contribution in [2.24, 2.45) is 0 Å². The number of nitrogens with zero attached hydrogens (tertiary/aromatic N) is 1. The minimum Gasteiger partial charge on any atom is -1.00 e. The maximum absolute atomic E-state index is 6.00. The lowest BCUT2D eigenvalue weighted by atomic mass is 9.98. The van der Waals surface area contributed by atoms with E-state index in [1.165, 1.54) is 18.4 Å². The van der Waals surface area contributed by atoms with Crippen molar-refractivity contribution in [1.29, 1.82) is 0 Å². The van der Waals surface area contributed by atoms with Gasteiger partial charge in [0.25, 0.3) is 0 Å². The van der Waals surface area contributed by atoms with E-state index < -0.39 is 0 Å². The molecule has 1 heterocycles. The number of aromatic nitrogens is 1. The first-order valence-electron chi connectivity index (χ1n) is 6.34. The van der Waals surface area contributed by atoms with Gasteiger partial charge in [0, 0.05) is 0 Å². The Bertz CT molecular complexity index is 542. The highest BCUT2D eigenvalue weighted by atomic mass is 127. The average molecular weight is 385 g/mol. The predicted octanol–water partition coefficient (Wildman–Crippen LogP) is 1.23. The van der Waals surface area contributed by atoms with E-state index in [1.807, 2.05) is 30.3 Å². The summed E-state index contributed by atoms with van der Waals surface area (Å²) in [5, 5.41) is 1.13. The van der Waals surface area contributed by atoms with E-state index >= 15 is 0 Å². The van der Waals surface area contributed by atoms with Crippen LogP contribution in [0.1, 0.15) is 24.2 Å². The van der Waals surface area contributed by atoms with Crippen molar-refractivity contribution in [1.82, 2.24) is 4.98 Å². The molecule has 3 rings (SSSR count). The van der Waals surface area contributed by atoms with Crippen LogP contribution in [-0.4, -0.2) is 11.2 Å². The second-order valence-corrected chi connectivity index (χ2v) is 5.30. The van der Waals surface area contributed by atoms with Crippen molar-refractivity contribution < 1.29 is 28.4 Å². The molecular formula is C15H16INOS. The molecule has 1 aliphatic carbocycles. The van der Waals surface area contributed by atoms with Gasteiger partial charge in [-0.2, -0.15) is 4.42 Å². The molecule has 0 unspecified atom stereocenters. The van der Waals surface area contributed by atoms with Crippen LogP contribution in [-0.2, 0) is 12.8 Å². The number of hydrogen-bond acceptors (Lipinski definition) is 2. The van der Waals surface area contributed by atoms with Crippen LogP contribution in [0.4, 0.5) is 0 Å². The van der Waals surface area contributed by atoms with Crippen LogP contribution in [0.3, 0.4) is 0 Å². The summed E-state index contributed by atoms with van der Waals surface area (Å²) >= 11 is 1.72. The first-order valence-corrected chi connectivity index (χ1v) is 7.56. The summed E-state index contributed by atoms with van der Waals surface area (Å²) < 4.78 is 6.00. The monoisotopic (exact) mass is 385 g/mol. The number of halogens is 1. The van der Waals surface area contributed by atoms with Crippen molar-refractivity contribution >= 4 is 11.8 Å². The molecule has 19 heavy (non-hydrogen) atoms. The van der Waals surface area contributed by atoms with Crippen LogP contribution >= 0.6 is 11.8 Å².